The van der Waals surface area contributed by atoms with E-state index in [4.69, 9.17) is 4.74 Å². The lowest BCUT2D eigenvalue weighted by molar-refractivity contribution is -0.129. The average Bonchev–Trinajstić information content (AvgIpc) is 3.08. The number of ether oxygens (including phenoxy) is 1. The van der Waals surface area contributed by atoms with Crippen LogP contribution in [0.15, 0.2) is 24.3 Å². The highest BCUT2D eigenvalue weighted by molar-refractivity contribution is 5.79. The molecule has 1 aliphatic heterocycles. The molecular formula is C18H24FNO2. The smallest absolute Gasteiger partial charge is 0.223 e. The lowest BCUT2D eigenvalue weighted by Crippen LogP contribution is -2.39. The lowest BCUT2D eigenvalue weighted by atomic mass is 9.90. The minimum absolute atomic E-state index is 0.0124. The minimum atomic E-state index is -0.232. The predicted octanol–water partition coefficient (Wildman–Crippen LogP) is 3.60. The Morgan fingerprint density at radius 3 is 2.36 bits per heavy atom. The Morgan fingerprint density at radius 1 is 1.09 bits per heavy atom. The maximum Gasteiger partial charge on any atom is 0.223 e. The van der Waals surface area contributed by atoms with E-state index in [-0.39, 0.29) is 23.7 Å². The van der Waals surface area contributed by atoms with Crippen molar-refractivity contribution in [2.75, 3.05) is 13.2 Å². The van der Waals surface area contributed by atoms with Gasteiger partial charge in [0.25, 0.3) is 0 Å². The van der Waals surface area contributed by atoms with E-state index in [0.29, 0.717) is 19.1 Å². The van der Waals surface area contributed by atoms with Gasteiger partial charge in [-0.1, -0.05) is 25.0 Å². The fraction of sp³-hybridized carbons (Fsp3) is 0.611. The zero-order valence-corrected chi connectivity index (χ0v) is 12.9. The first-order valence-corrected chi connectivity index (χ1v) is 8.37. The first-order valence-electron chi connectivity index (χ1n) is 8.37. The minimum Gasteiger partial charge on any atom is -0.381 e. The van der Waals surface area contributed by atoms with E-state index in [1.165, 1.54) is 25.0 Å². The fourth-order valence-corrected chi connectivity index (χ4v) is 3.67. The highest BCUT2D eigenvalue weighted by Gasteiger charge is 2.30. The summed E-state index contributed by atoms with van der Waals surface area (Å²) in [5.41, 5.74) is 1.02. The Bertz CT molecular complexity index is 490. The van der Waals surface area contributed by atoms with Gasteiger partial charge in [-0.25, -0.2) is 4.39 Å². The Hall–Kier alpha value is -1.42. The molecule has 1 amide bonds. The van der Waals surface area contributed by atoms with Crippen molar-refractivity contribution < 1.29 is 13.9 Å². The predicted molar refractivity (Wildman–Crippen MR) is 82.8 cm³/mol. The van der Waals surface area contributed by atoms with Crippen molar-refractivity contribution in [3.63, 3.8) is 0 Å². The van der Waals surface area contributed by atoms with E-state index in [1.807, 2.05) is 12.1 Å². The van der Waals surface area contributed by atoms with Crippen molar-refractivity contribution in [3.8, 4) is 0 Å². The van der Waals surface area contributed by atoms with Gasteiger partial charge in [0.1, 0.15) is 5.82 Å². The summed E-state index contributed by atoms with van der Waals surface area (Å²) in [6.45, 7) is 1.34. The average molecular weight is 305 g/mol. The molecule has 2 fully saturated rings. The molecule has 120 valence electrons. The van der Waals surface area contributed by atoms with E-state index in [2.05, 4.69) is 5.32 Å². The molecule has 0 bridgehead atoms. The van der Waals surface area contributed by atoms with Crippen LogP contribution in [-0.2, 0) is 9.53 Å². The summed E-state index contributed by atoms with van der Waals surface area (Å²) in [5, 5.41) is 3.25. The maximum atomic E-state index is 13.2. The molecule has 0 aromatic heterocycles. The Kier molecular flexibility index (Phi) is 5.08. The molecule has 0 radical (unpaired) electrons. The number of hydrogen-bond acceptors (Lipinski definition) is 2. The maximum absolute atomic E-state index is 13.2. The third kappa shape index (κ3) is 3.67. The van der Waals surface area contributed by atoms with E-state index in [0.717, 1.165) is 31.2 Å². The largest absolute Gasteiger partial charge is 0.381 e. The van der Waals surface area contributed by atoms with Gasteiger partial charge < -0.3 is 10.1 Å². The van der Waals surface area contributed by atoms with Gasteiger partial charge in [-0.05, 0) is 49.3 Å². The van der Waals surface area contributed by atoms with Gasteiger partial charge in [0.05, 0.1) is 6.04 Å². The van der Waals surface area contributed by atoms with Crippen molar-refractivity contribution in [1.82, 2.24) is 5.32 Å². The molecule has 1 N–H and O–H groups in total. The summed E-state index contributed by atoms with van der Waals surface area (Å²) in [5.74, 6) is 0.418. The second kappa shape index (κ2) is 7.23. The molecule has 1 aromatic rings. The molecule has 3 nitrogen and oxygen atoms in total. The van der Waals surface area contributed by atoms with Crippen LogP contribution < -0.4 is 5.32 Å². The molecule has 1 saturated carbocycles. The van der Waals surface area contributed by atoms with Crippen molar-refractivity contribution in [1.29, 1.82) is 0 Å². The van der Waals surface area contributed by atoms with Crippen LogP contribution in [0.3, 0.4) is 0 Å². The van der Waals surface area contributed by atoms with Crippen LogP contribution in [-0.4, -0.2) is 19.1 Å². The van der Waals surface area contributed by atoms with Gasteiger partial charge in [-0.15, -0.1) is 0 Å². The molecule has 1 atom stereocenters. The number of rotatable bonds is 4. The second-order valence-electron chi connectivity index (χ2n) is 6.47. The molecular weight excluding hydrogens is 281 g/mol. The number of carbonyl (C=O) groups is 1. The van der Waals surface area contributed by atoms with Crippen molar-refractivity contribution in [3.05, 3.63) is 35.6 Å². The molecule has 1 aromatic carbocycles. The quantitative estimate of drug-likeness (QED) is 0.923. The number of amides is 1. The number of hydrogen-bond donors (Lipinski definition) is 1. The van der Waals surface area contributed by atoms with Crippen LogP contribution >= 0.6 is 0 Å². The third-order valence-electron chi connectivity index (χ3n) is 4.99. The molecule has 1 aliphatic carbocycles. The summed E-state index contributed by atoms with van der Waals surface area (Å²) in [6, 6.07) is 6.60. The standard InChI is InChI=1S/C18H24FNO2/c19-16-7-5-14(6-8-16)17(13-3-1-2-4-13)20-18(21)15-9-11-22-12-10-15/h5-8,13,15,17H,1-4,9-12H2,(H,20,21)/t17-/m0/s1. The first-order chi connectivity index (χ1) is 10.7. The fourth-order valence-electron chi connectivity index (χ4n) is 3.67. The van der Waals surface area contributed by atoms with Gasteiger partial charge in [0.15, 0.2) is 0 Å². The van der Waals surface area contributed by atoms with E-state index in [9.17, 15) is 9.18 Å². The number of benzene rings is 1. The van der Waals surface area contributed by atoms with Crippen LogP contribution in [0, 0.1) is 17.7 Å². The summed E-state index contributed by atoms with van der Waals surface area (Å²) in [7, 11) is 0. The third-order valence-corrected chi connectivity index (χ3v) is 4.99. The molecule has 2 aliphatic rings. The normalized spacial score (nSPS) is 21.7. The zero-order chi connectivity index (χ0) is 15.4. The molecule has 0 spiro atoms. The van der Waals surface area contributed by atoms with Crippen LogP contribution in [0.5, 0.6) is 0 Å². The molecule has 1 heterocycles. The Balaban J connectivity index is 1.73. The highest BCUT2D eigenvalue weighted by Crippen LogP contribution is 2.36. The van der Waals surface area contributed by atoms with E-state index < -0.39 is 0 Å². The monoisotopic (exact) mass is 305 g/mol. The topological polar surface area (TPSA) is 38.3 Å². The molecule has 1 saturated heterocycles. The van der Waals surface area contributed by atoms with Crippen LogP contribution in [0.2, 0.25) is 0 Å². The van der Waals surface area contributed by atoms with Gasteiger partial charge in [0, 0.05) is 19.1 Å². The Labute approximate surface area is 131 Å². The van der Waals surface area contributed by atoms with Crippen molar-refractivity contribution >= 4 is 5.91 Å². The number of halogens is 1. The molecule has 3 rings (SSSR count). The zero-order valence-electron chi connectivity index (χ0n) is 12.9. The summed E-state index contributed by atoms with van der Waals surface area (Å²) >= 11 is 0. The second-order valence-corrected chi connectivity index (χ2v) is 6.47. The molecule has 22 heavy (non-hydrogen) atoms. The van der Waals surface area contributed by atoms with Gasteiger partial charge in [-0.2, -0.15) is 0 Å². The number of nitrogens with one attached hydrogen (secondary N) is 1. The highest BCUT2D eigenvalue weighted by atomic mass is 19.1. The number of carbonyl (C=O) groups excluding carboxylic acids is 1. The summed E-state index contributed by atoms with van der Waals surface area (Å²) < 4.78 is 18.5. The molecule has 0 unspecified atom stereocenters. The molecule has 4 heteroatoms. The Morgan fingerprint density at radius 2 is 1.73 bits per heavy atom. The van der Waals surface area contributed by atoms with E-state index >= 15 is 0 Å². The van der Waals surface area contributed by atoms with Gasteiger partial charge >= 0.3 is 0 Å². The first kappa shape index (κ1) is 15.5. The van der Waals surface area contributed by atoms with Crippen molar-refractivity contribution in [2.24, 2.45) is 11.8 Å². The van der Waals surface area contributed by atoms with Crippen LogP contribution in [0.25, 0.3) is 0 Å². The van der Waals surface area contributed by atoms with Gasteiger partial charge in [0.2, 0.25) is 5.91 Å². The SMILES string of the molecule is O=C(N[C@H](c1ccc(F)cc1)C1CCCC1)C1CCOCC1. The van der Waals surface area contributed by atoms with E-state index in [1.54, 1.807) is 0 Å². The van der Waals surface area contributed by atoms with Crippen LogP contribution in [0.1, 0.15) is 50.1 Å². The summed E-state index contributed by atoms with van der Waals surface area (Å²) in [4.78, 5) is 12.6. The lowest BCUT2D eigenvalue weighted by Gasteiger charge is -2.29. The summed E-state index contributed by atoms with van der Waals surface area (Å²) in [6.07, 6.45) is 6.30. The van der Waals surface area contributed by atoms with Crippen molar-refractivity contribution in [2.45, 2.75) is 44.6 Å². The van der Waals surface area contributed by atoms with Gasteiger partial charge in [-0.3, -0.25) is 4.79 Å². The van der Waals surface area contributed by atoms with Crippen LogP contribution in [0.4, 0.5) is 4.39 Å².